The molecule has 154 valence electrons. The topological polar surface area (TPSA) is 65.2 Å². The average molecular weight is 396 g/mol. The van der Waals surface area contributed by atoms with Crippen LogP contribution in [0.15, 0.2) is 36.7 Å². The third-order valence-corrected chi connectivity index (χ3v) is 5.97. The molecule has 0 aliphatic carbocycles. The SMILES string of the molecule is COCc1nc2ccccc2n1CC(=O)N1CCC(CCn2ccnc2C)CC1. The van der Waals surface area contributed by atoms with Crippen molar-refractivity contribution in [3.8, 4) is 0 Å². The number of piperidine rings is 1. The van der Waals surface area contributed by atoms with Crippen LogP contribution in [0.2, 0.25) is 0 Å². The van der Waals surface area contributed by atoms with Crippen LogP contribution in [0, 0.1) is 12.8 Å². The fourth-order valence-corrected chi connectivity index (χ4v) is 4.21. The second kappa shape index (κ2) is 8.78. The van der Waals surface area contributed by atoms with Crippen molar-refractivity contribution in [1.29, 1.82) is 0 Å². The van der Waals surface area contributed by atoms with Gasteiger partial charge in [0, 0.05) is 39.1 Å². The van der Waals surface area contributed by atoms with Crippen LogP contribution < -0.4 is 0 Å². The predicted octanol–water partition coefficient (Wildman–Crippen LogP) is 3.02. The summed E-state index contributed by atoms with van der Waals surface area (Å²) in [5.41, 5.74) is 1.89. The van der Waals surface area contributed by atoms with E-state index in [4.69, 9.17) is 4.74 Å². The molecule has 3 aromatic rings. The number of hydrogen-bond donors (Lipinski definition) is 0. The molecule has 0 spiro atoms. The summed E-state index contributed by atoms with van der Waals surface area (Å²) in [6, 6.07) is 7.94. The minimum absolute atomic E-state index is 0.161. The number of para-hydroxylation sites is 2. The molecule has 0 saturated carbocycles. The number of nitrogens with zero attached hydrogens (tertiary/aromatic N) is 5. The van der Waals surface area contributed by atoms with Crippen molar-refractivity contribution < 1.29 is 9.53 Å². The van der Waals surface area contributed by atoms with Crippen molar-refractivity contribution >= 4 is 16.9 Å². The monoisotopic (exact) mass is 395 g/mol. The average Bonchev–Trinajstić information content (AvgIpc) is 3.30. The molecule has 1 aliphatic heterocycles. The third kappa shape index (κ3) is 4.34. The number of imidazole rings is 2. The highest BCUT2D eigenvalue weighted by Crippen LogP contribution is 2.23. The molecular formula is C22H29N5O2. The lowest BCUT2D eigenvalue weighted by Crippen LogP contribution is -2.40. The molecule has 0 radical (unpaired) electrons. The van der Waals surface area contributed by atoms with Gasteiger partial charge in [-0.3, -0.25) is 4.79 Å². The van der Waals surface area contributed by atoms with Crippen LogP contribution in [0.5, 0.6) is 0 Å². The van der Waals surface area contributed by atoms with Crippen molar-refractivity contribution in [3.63, 3.8) is 0 Å². The maximum atomic E-state index is 13.0. The summed E-state index contributed by atoms with van der Waals surface area (Å²) in [5, 5.41) is 0. The van der Waals surface area contributed by atoms with Gasteiger partial charge in [-0.1, -0.05) is 12.1 Å². The lowest BCUT2D eigenvalue weighted by molar-refractivity contribution is -0.133. The van der Waals surface area contributed by atoms with Gasteiger partial charge in [-0.25, -0.2) is 9.97 Å². The molecule has 1 fully saturated rings. The fraction of sp³-hybridized carbons (Fsp3) is 0.500. The summed E-state index contributed by atoms with van der Waals surface area (Å²) < 4.78 is 9.49. The lowest BCUT2D eigenvalue weighted by Gasteiger charge is -2.32. The zero-order chi connectivity index (χ0) is 20.2. The largest absolute Gasteiger partial charge is 0.377 e. The summed E-state index contributed by atoms with van der Waals surface area (Å²) in [5.74, 6) is 2.69. The second-order valence-corrected chi connectivity index (χ2v) is 7.82. The Bertz CT molecular complexity index is 969. The summed E-state index contributed by atoms with van der Waals surface area (Å²) >= 11 is 0. The highest BCUT2D eigenvalue weighted by atomic mass is 16.5. The van der Waals surface area contributed by atoms with E-state index in [1.807, 2.05) is 53.0 Å². The van der Waals surface area contributed by atoms with Crippen LogP contribution in [0.4, 0.5) is 0 Å². The molecule has 0 N–H and O–H groups in total. The minimum Gasteiger partial charge on any atom is -0.377 e. The predicted molar refractivity (Wildman–Crippen MR) is 111 cm³/mol. The highest BCUT2D eigenvalue weighted by molar-refractivity contribution is 5.81. The van der Waals surface area contributed by atoms with E-state index in [1.165, 1.54) is 0 Å². The number of amides is 1. The third-order valence-electron chi connectivity index (χ3n) is 5.97. The number of rotatable bonds is 7. The summed E-state index contributed by atoms with van der Waals surface area (Å²) in [7, 11) is 1.65. The summed E-state index contributed by atoms with van der Waals surface area (Å²) in [6.45, 7) is 5.43. The van der Waals surface area contributed by atoms with Crippen LogP contribution in [-0.2, 0) is 29.2 Å². The van der Waals surface area contributed by atoms with Gasteiger partial charge in [0.15, 0.2) is 0 Å². The first-order valence-corrected chi connectivity index (χ1v) is 10.3. The van der Waals surface area contributed by atoms with E-state index in [0.717, 1.165) is 61.6 Å². The number of likely N-dealkylation sites (tertiary alicyclic amines) is 1. The van der Waals surface area contributed by atoms with Crippen LogP contribution in [-0.4, -0.2) is 50.1 Å². The van der Waals surface area contributed by atoms with Crippen LogP contribution >= 0.6 is 0 Å². The zero-order valence-electron chi connectivity index (χ0n) is 17.3. The molecule has 0 unspecified atom stereocenters. The molecule has 4 rings (SSSR count). The number of ether oxygens (including phenoxy) is 1. The van der Waals surface area contributed by atoms with Crippen LogP contribution in [0.1, 0.15) is 30.9 Å². The number of methoxy groups -OCH3 is 1. The van der Waals surface area contributed by atoms with E-state index in [9.17, 15) is 4.79 Å². The molecule has 1 aliphatic rings. The van der Waals surface area contributed by atoms with Gasteiger partial charge in [-0.2, -0.15) is 0 Å². The molecule has 1 aromatic carbocycles. The van der Waals surface area contributed by atoms with Gasteiger partial charge in [-0.05, 0) is 44.2 Å². The van der Waals surface area contributed by atoms with Crippen molar-refractivity contribution in [1.82, 2.24) is 24.0 Å². The van der Waals surface area contributed by atoms with Gasteiger partial charge < -0.3 is 18.8 Å². The molecule has 0 atom stereocenters. The first kappa shape index (κ1) is 19.6. The number of carbonyl (C=O) groups excluding carboxylic acids is 1. The summed E-state index contributed by atoms with van der Waals surface area (Å²) in [4.78, 5) is 23.9. The number of hydrogen-bond acceptors (Lipinski definition) is 4. The number of carbonyl (C=O) groups is 1. The fourth-order valence-electron chi connectivity index (χ4n) is 4.21. The van der Waals surface area contributed by atoms with Crippen molar-refractivity contribution in [2.45, 2.75) is 45.9 Å². The lowest BCUT2D eigenvalue weighted by atomic mass is 9.93. The van der Waals surface area contributed by atoms with E-state index in [2.05, 4.69) is 14.5 Å². The highest BCUT2D eigenvalue weighted by Gasteiger charge is 2.24. The molecule has 0 bridgehead atoms. The Hall–Kier alpha value is -2.67. The first-order valence-electron chi connectivity index (χ1n) is 10.3. The molecule has 3 heterocycles. The smallest absolute Gasteiger partial charge is 0.242 e. The van der Waals surface area contributed by atoms with E-state index in [-0.39, 0.29) is 5.91 Å². The zero-order valence-corrected chi connectivity index (χ0v) is 17.3. The Morgan fingerprint density at radius 3 is 2.76 bits per heavy atom. The Labute approximate surface area is 171 Å². The van der Waals surface area contributed by atoms with Crippen molar-refractivity contribution in [3.05, 3.63) is 48.3 Å². The maximum absolute atomic E-state index is 13.0. The molecular weight excluding hydrogens is 366 g/mol. The molecule has 1 saturated heterocycles. The molecule has 1 amide bonds. The van der Waals surface area contributed by atoms with Gasteiger partial charge in [0.2, 0.25) is 5.91 Å². The Morgan fingerprint density at radius 1 is 1.24 bits per heavy atom. The molecule has 2 aromatic heterocycles. The Balaban J connectivity index is 1.35. The van der Waals surface area contributed by atoms with Gasteiger partial charge in [0.05, 0.1) is 11.0 Å². The Kier molecular flexibility index (Phi) is 5.94. The van der Waals surface area contributed by atoms with Gasteiger partial charge in [-0.15, -0.1) is 0 Å². The van der Waals surface area contributed by atoms with Gasteiger partial charge in [0.25, 0.3) is 0 Å². The number of aromatic nitrogens is 4. The van der Waals surface area contributed by atoms with Crippen molar-refractivity contribution in [2.24, 2.45) is 5.92 Å². The Morgan fingerprint density at radius 2 is 2.03 bits per heavy atom. The number of benzene rings is 1. The first-order chi connectivity index (χ1) is 14.2. The van der Waals surface area contributed by atoms with Crippen LogP contribution in [0.25, 0.3) is 11.0 Å². The standard InChI is InChI=1S/C22H29N5O2/c1-17-23-10-14-25(17)11-7-18-8-12-26(13-9-18)22(28)15-27-20-6-4-3-5-19(20)24-21(27)16-29-2/h3-6,10,14,18H,7-9,11-13,15-16H2,1-2H3. The maximum Gasteiger partial charge on any atom is 0.242 e. The van der Waals surface area contributed by atoms with Crippen LogP contribution in [0.3, 0.4) is 0 Å². The molecule has 7 nitrogen and oxygen atoms in total. The number of fused-ring (bicyclic) bond motifs is 1. The second-order valence-electron chi connectivity index (χ2n) is 7.82. The number of aryl methyl sites for hydroxylation is 2. The summed E-state index contributed by atoms with van der Waals surface area (Å²) in [6.07, 6.45) is 7.17. The minimum atomic E-state index is 0.161. The molecule has 7 heteroatoms. The van der Waals surface area contributed by atoms with Crippen molar-refractivity contribution in [2.75, 3.05) is 20.2 Å². The van der Waals surface area contributed by atoms with Gasteiger partial charge >= 0.3 is 0 Å². The normalized spacial score (nSPS) is 15.3. The van der Waals surface area contributed by atoms with Gasteiger partial charge in [0.1, 0.15) is 24.8 Å². The van der Waals surface area contributed by atoms with E-state index in [0.29, 0.717) is 19.1 Å². The molecule has 29 heavy (non-hydrogen) atoms. The van der Waals surface area contributed by atoms with E-state index >= 15 is 0 Å². The van der Waals surface area contributed by atoms with E-state index in [1.54, 1.807) is 7.11 Å². The quantitative estimate of drug-likeness (QED) is 0.617. The van der Waals surface area contributed by atoms with E-state index < -0.39 is 0 Å².